The molecule has 1 saturated heterocycles. The van der Waals surface area contributed by atoms with E-state index in [4.69, 9.17) is 36.1 Å². The van der Waals surface area contributed by atoms with E-state index in [2.05, 4.69) is 15.0 Å². The van der Waals surface area contributed by atoms with E-state index in [0.29, 0.717) is 0 Å². The van der Waals surface area contributed by atoms with Gasteiger partial charge in [0, 0.05) is 6.42 Å². The molecular formula is C23H34FN7O8. The third-order valence-electron chi connectivity index (χ3n) is 6.19. The van der Waals surface area contributed by atoms with Gasteiger partial charge in [0.25, 0.3) is 5.56 Å². The Balaban J connectivity index is 1.66. The monoisotopic (exact) mass is 555 g/mol. The molecule has 7 N–H and O–H groups in total. The van der Waals surface area contributed by atoms with Crippen LogP contribution in [0.3, 0.4) is 0 Å². The number of hydrogen-bond donors (Lipinski definition) is 4. The smallest absolute Gasteiger partial charge is 0.351 e. The van der Waals surface area contributed by atoms with Gasteiger partial charge < -0.3 is 36.1 Å². The molecule has 0 saturated carbocycles. The quantitative estimate of drug-likeness (QED) is 0.199. The number of alkyl halides is 1. The molecular weight excluding hydrogens is 521 g/mol. The number of H-pyrrole nitrogens is 1. The van der Waals surface area contributed by atoms with Gasteiger partial charge in [-0.05, 0) is 11.8 Å². The van der Waals surface area contributed by atoms with Crippen LogP contribution < -0.4 is 22.8 Å². The van der Waals surface area contributed by atoms with Crippen molar-refractivity contribution >= 4 is 35.0 Å². The Labute approximate surface area is 222 Å². The van der Waals surface area contributed by atoms with Crippen molar-refractivity contribution in [3.63, 3.8) is 0 Å². The maximum absolute atomic E-state index is 14.8. The summed E-state index contributed by atoms with van der Waals surface area (Å²) < 4.78 is 37.3. The van der Waals surface area contributed by atoms with E-state index in [9.17, 15) is 23.6 Å². The summed E-state index contributed by atoms with van der Waals surface area (Å²) in [5.74, 6) is -3.52. The topological polar surface area (TPSA) is 230 Å². The minimum atomic E-state index is -1.67. The Kier molecular flexibility index (Phi) is 9.58. The molecule has 2 aromatic rings. The molecule has 39 heavy (non-hydrogen) atoms. The highest BCUT2D eigenvalue weighted by atomic mass is 19.1. The van der Waals surface area contributed by atoms with Crippen molar-refractivity contribution in [3.8, 4) is 0 Å². The first kappa shape index (κ1) is 29.9. The Morgan fingerprint density at radius 2 is 1.77 bits per heavy atom. The summed E-state index contributed by atoms with van der Waals surface area (Å²) >= 11 is 0. The summed E-state index contributed by atoms with van der Waals surface area (Å²) in [6.07, 6.45) is -4.26. The SMILES string of the molecule is CC(C)[C@H](N)C(=O)OC[C@@H](OC(=O)[C@@H](N)C(C)C)C(=O)OC[C@H]1O[C@@H](n2cnc3c(=O)[nH]c(N)nc32)CC1F. The predicted molar refractivity (Wildman–Crippen MR) is 133 cm³/mol. The number of esters is 3. The summed E-state index contributed by atoms with van der Waals surface area (Å²) in [6.45, 7) is 5.54. The molecule has 0 aromatic carbocycles. The van der Waals surface area contributed by atoms with Crippen LogP contribution in [0.4, 0.5) is 10.3 Å². The van der Waals surface area contributed by atoms with Gasteiger partial charge in [-0.15, -0.1) is 0 Å². The van der Waals surface area contributed by atoms with E-state index < -0.39 is 73.4 Å². The molecule has 216 valence electrons. The lowest BCUT2D eigenvalue weighted by molar-refractivity contribution is -0.178. The number of halogens is 1. The molecule has 3 heterocycles. The molecule has 0 amide bonds. The van der Waals surface area contributed by atoms with Crippen LogP contribution in [-0.2, 0) is 33.3 Å². The van der Waals surface area contributed by atoms with Gasteiger partial charge in [-0.2, -0.15) is 4.98 Å². The van der Waals surface area contributed by atoms with Crippen LogP contribution in [0.2, 0.25) is 0 Å². The van der Waals surface area contributed by atoms with E-state index in [1.807, 2.05) is 0 Å². The van der Waals surface area contributed by atoms with E-state index in [1.54, 1.807) is 27.7 Å². The second-order valence-electron chi connectivity index (χ2n) is 9.88. The molecule has 1 fully saturated rings. The van der Waals surface area contributed by atoms with Crippen LogP contribution in [0.15, 0.2) is 11.1 Å². The molecule has 0 spiro atoms. The number of nitrogens with two attached hydrogens (primary N) is 3. The molecule has 0 radical (unpaired) electrons. The van der Waals surface area contributed by atoms with Crippen molar-refractivity contribution in [2.45, 2.75) is 70.8 Å². The highest BCUT2D eigenvalue weighted by Crippen LogP contribution is 2.32. The van der Waals surface area contributed by atoms with Gasteiger partial charge in [-0.25, -0.2) is 14.2 Å². The van der Waals surface area contributed by atoms with Crippen molar-refractivity contribution < 1.29 is 37.7 Å². The number of anilines is 1. The fourth-order valence-corrected chi connectivity index (χ4v) is 3.59. The van der Waals surface area contributed by atoms with Gasteiger partial charge in [0.1, 0.15) is 43.8 Å². The molecule has 1 unspecified atom stereocenters. The number of nitrogens with one attached hydrogen (secondary N) is 1. The Bertz CT molecular complexity index is 1250. The van der Waals surface area contributed by atoms with Crippen LogP contribution in [0, 0.1) is 11.8 Å². The average molecular weight is 556 g/mol. The number of ether oxygens (including phenoxy) is 4. The predicted octanol–water partition coefficient (Wildman–Crippen LogP) is -0.708. The van der Waals surface area contributed by atoms with Gasteiger partial charge in [-0.1, -0.05) is 27.7 Å². The first-order valence-corrected chi connectivity index (χ1v) is 12.4. The highest BCUT2D eigenvalue weighted by molar-refractivity contribution is 5.82. The summed E-state index contributed by atoms with van der Waals surface area (Å²) in [5.41, 5.74) is 16.7. The zero-order valence-corrected chi connectivity index (χ0v) is 22.0. The number of rotatable bonds is 11. The van der Waals surface area contributed by atoms with E-state index in [-0.39, 0.29) is 35.4 Å². The van der Waals surface area contributed by atoms with Crippen molar-refractivity contribution in [1.29, 1.82) is 0 Å². The Hall–Kier alpha value is -3.63. The number of aromatic amines is 1. The minimum absolute atomic E-state index is 0.00548. The van der Waals surface area contributed by atoms with E-state index in [1.165, 1.54) is 10.9 Å². The van der Waals surface area contributed by atoms with Crippen molar-refractivity contribution in [1.82, 2.24) is 19.5 Å². The second kappa shape index (κ2) is 12.5. The maximum Gasteiger partial charge on any atom is 0.351 e. The fourth-order valence-electron chi connectivity index (χ4n) is 3.59. The van der Waals surface area contributed by atoms with Gasteiger partial charge in [-0.3, -0.25) is 23.9 Å². The van der Waals surface area contributed by atoms with E-state index in [0.717, 1.165) is 0 Å². The fraction of sp³-hybridized carbons (Fsp3) is 0.652. The van der Waals surface area contributed by atoms with Crippen LogP contribution in [0.25, 0.3) is 11.2 Å². The first-order valence-electron chi connectivity index (χ1n) is 12.4. The van der Waals surface area contributed by atoms with Crippen LogP contribution >= 0.6 is 0 Å². The third kappa shape index (κ3) is 7.07. The molecule has 1 aliphatic rings. The van der Waals surface area contributed by atoms with Crippen LogP contribution in [0.5, 0.6) is 0 Å². The second-order valence-corrected chi connectivity index (χ2v) is 9.88. The molecule has 2 aromatic heterocycles. The van der Waals surface area contributed by atoms with Gasteiger partial charge in [0.05, 0.1) is 6.33 Å². The number of hydrogen-bond acceptors (Lipinski definition) is 13. The molecule has 16 heteroatoms. The molecule has 0 bridgehead atoms. The van der Waals surface area contributed by atoms with Gasteiger partial charge in [0.2, 0.25) is 12.1 Å². The average Bonchev–Trinajstić information content (AvgIpc) is 3.46. The van der Waals surface area contributed by atoms with Crippen LogP contribution in [-0.4, -0.2) is 81.1 Å². The Morgan fingerprint density at radius 3 is 2.41 bits per heavy atom. The summed E-state index contributed by atoms with van der Waals surface area (Å²) in [5, 5.41) is 0. The lowest BCUT2D eigenvalue weighted by Gasteiger charge is -2.22. The molecule has 15 nitrogen and oxygen atoms in total. The standard InChI is InChI=1S/C23H34FN7O8/c1-9(2)15(25)21(34)37-7-13(39-22(35)16(26)10(3)4)20(33)36-6-12-11(24)5-14(38-12)31-8-28-17-18(31)29-23(27)30-19(17)32/h8-16H,5-7,25-26H2,1-4H3,(H3,27,29,30,32)/t11?,12-,13-,14-,15+,16+/m1/s1. The van der Waals surface area contributed by atoms with Crippen molar-refractivity contribution in [2.75, 3.05) is 18.9 Å². The first-order chi connectivity index (χ1) is 18.3. The number of carbonyl (C=O) groups is 3. The summed E-state index contributed by atoms with van der Waals surface area (Å²) in [7, 11) is 0. The summed E-state index contributed by atoms with van der Waals surface area (Å²) in [6, 6.07) is -2.02. The lowest BCUT2D eigenvalue weighted by Crippen LogP contribution is -2.44. The lowest BCUT2D eigenvalue weighted by atomic mass is 10.1. The van der Waals surface area contributed by atoms with Crippen LogP contribution in [0.1, 0.15) is 40.3 Å². The number of nitrogens with zero attached hydrogens (tertiary/aromatic N) is 3. The Morgan fingerprint density at radius 1 is 1.13 bits per heavy atom. The number of carbonyl (C=O) groups excluding carboxylic acids is 3. The van der Waals surface area contributed by atoms with Crippen molar-refractivity contribution in [2.24, 2.45) is 23.3 Å². The number of imidazole rings is 1. The molecule has 6 atom stereocenters. The number of fused-ring (bicyclic) bond motifs is 1. The largest absolute Gasteiger partial charge is 0.460 e. The summed E-state index contributed by atoms with van der Waals surface area (Å²) in [4.78, 5) is 59.6. The zero-order valence-electron chi connectivity index (χ0n) is 22.0. The van der Waals surface area contributed by atoms with E-state index >= 15 is 0 Å². The third-order valence-corrected chi connectivity index (χ3v) is 6.19. The number of aromatic nitrogens is 4. The van der Waals surface area contributed by atoms with Gasteiger partial charge >= 0.3 is 17.9 Å². The van der Waals surface area contributed by atoms with Crippen molar-refractivity contribution in [3.05, 3.63) is 16.7 Å². The zero-order chi connectivity index (χ0) is 29.0. The highest BCUT2D eigenvalue weighted by Gasteiger charge is 2.39. The minimum Gasteiger partial charge on any atom is -0.460 e. The molecule has 0 aliphatic carbocycles. The maximum atomic E-state index is 14.8. The molecule has 3 rings (SSSR count). The number of nitrogen functional groups attached to an aromatic ring is 1. The van der Waals surface area contributed by atoms with Gasteiger partial charge in [0.15, 0.2) is 11.2 Å². The normalized spacial score (nSPS) is 21.6. The molecule has 1 aliphatic heterocycles.